The number of fused-ring (bicyclic) bond motifs is 1. The third-order valence-electron chi connectivity index (χ3n) is 4.78. The Kier molecular flexibility index (Phi) is 3.82. The standard InChI is InChI=1S/C20H18O2S2/c1-14-7-9-16(10-8-14)24(21,22)19-13-18-17(11-12-23-18)20(19)15-5-3-2-4-6-15/h2-12,19-20H,13H2,1H3/t19-,20-/m0/s1. The van der Waals surface area contributed by atoms with Crippen LogP contribution in [0.5, 0.6) is 0 Å². The molecule has 0 radical (unpaired) electrons. The molecule has 0 saturated carbocycles. The van der Waals surface area contributed by atoms with Gasteiger partial charge >= 0.3 is 0 Å². The van der Waals surface area contributed by atoms with Crippen molar-refractivity contribution in [2.45, 2.75) is 29.4 Å². The van der Waals surface area contributed by atoms with E-state index in [1.807, 2.05) is 49.4 Å². The molecule has 4 rings (SSSR count). The molecular formula is C20H18O2S2. The smallest absolute Gasteiger partial charge is 0.182 e. The SMILES string of the molecule is Cc1ccc(S(=O)(=O)[C@H]2Cc3sccc3[C@@H]2c2ccccc2)cc1. The minimum Gasteiger partial charge on any atom is -0.223 e. The summed E-state index contributed by atoms with van der Waals surface area (Å²) in [4.78, 5) is 1.62. The Balaban J connectivity index is 1.82. The topological polar surface area (TPSA) is 34.1 Å². The Bertz CT molecular complexity index is 954. The zero-order chi connectivity index (χ0) is 16.7. The number of rotatable bonds is 3. The highest BCUT2D eigenvalue weighted by Crippen LogP contribution is 2.45. The summed E-state index contributed by atoms with van der Waals surface area (Å²) >= 11 is 1.66. The van der Waals surface area contributed by atoms with Gasteiger partial charge in [0.15, 0.2) is 9.84 Å². The Hall–Kier alpha value is -1.91. The van der Waals surface area contributed by atoms with Gasteiger partial charge < -0.3 is 0 Å². The maximum Gasteiger partial charge on any atom is 0.182 e. The molecule has 1 heterocycles. The van der Waals surface area contributed by atoms with E-state index >= 15 is 0 Å². The number of benzene rings is 2. The van der Waals surface area contributed by atoms with Crippen molar-refractivity contribution in [1.82, 2.24) is 0 Å². The summed E-state index contributed by atoms with van der Waals surface area (Å²) in [5, 5.41) is 1.64. The average Bonchev–Trinajstić information content (AvgIpc) is 3.17. The quantitative estimate of drug-likeness (QED) is 0.689. The summed E-state index contributed by atoms with van der Waals surface area (Å²) in [6, 6.07) is 19.3. The van der Waals surface area contributed by atoms with Gasteiger partial charge in [0.1, 0.15) is 0 Å². The van der Waals surface area contributed by atoms with Gasteiger partial charge in [0, 0.05) is 17.2 Å². The van der Waals surface area contributed by atoms with Crippen LogP contribution < -0.4 is 0 Å². The molecule has 0 spiro atoms. The molecule has 1 aromatic heterocycles. The van der Waals surface area contributed by atoms with Crippen molar-refractivity contribution in [2.24, 2.45) is 0 Å². The van der Waals surface area contributed by atoms with E-state index in [-0.39, 0.29) is 5.92 Å². The molecular weight excluding hydrogens is 336 g/mol. The average molecular weight is 354 g/mol. The normalized spacial score (nSPS) is 20.0. The molecule has 0 N–H and O–H groups in total. The summed E-state index contributed by atoms with van der Waals surface area (Å²) in [6.07, 6.45) is 0.600. The van der Waals surface area contributed by atoms with Crippen LogP contribution in [0.4, 0.5) is 0 Å². The zero-order valence-electron chi connectivity index (χ0n) is 13.3. The fourth-order valence-corrected chi connectivity index (χ4v) is 6.54. The molecule has 0 aliphatic heterocycles. The molecule has 0 fully saturated rings. The van der Waals surface area contributed by atoms with Gasteiger partial charge in [-0.2, -0.15) is 0 Å². The van der Waals surface area contributed by atoms with Crippen LogP contribution in [-0.4, -0.2) is 13.7 Å². The van der Waals surface area contributed by atoms with Crippen LogP contribution in [0.15, 0.2) is 70.9 Å². The third kappa shape index (κ3) is 2.50. The molecule has 0 bridgehead atoms. The fraction of sp³-hybridized carbons (Fsp3) is 0.200. The third-order valence-corrected chi connectivity index (χ3v) is 7.90. The maximum atomic E-state index is 13.3. The summed E-state index contributed by atoms with van der Waals surface area (Å²) in [5.74, 6) is -0.0845. The highest BCUT2D eigenvalue weighted by atomic mass is 32.2. The molecule has 1 aliphatic rings. The van der Waals surface area contributed by atoms with Crippen LogP contribution >= 0.6 is 11.3 Å². The van der Waals surface area contributed by atoms with Gasteiger partial charge in [0.25, 0.3) is 0 Å². The van der Waals surface area contributed by atoms with Crippen molar-refractivity contribution in [2.75, 3.05) is 0 Å². The molecule has 122 valence electrons. The maximum absolute atomic E-state index is 13.3. The molecule has 0 unspecified atom stereocenters. The van der Waals surface area contributed by atoms with Gasteiger partial charge in [-0.05, 0) is 41.6 Å². The predicted molar refractivity (Wildman–Crippen MR) is 98.5 cm³/mol. The lowest BCUT2D eigenvalue weighted by Crippen LogP contribution is -2.26. The van der Waals surface area contributed by atoms with Crippen molar-refractivity contribution in [3.05, 3.63) is 87.6 Å². The second-order valence-corrected chi connectivity index (χ2v) is 9.46. The van der Waals surface area contributed by atoms with E-state index in [4.69, 9.17) is 0 Å². The number of aryl methyl sites for hydroxylation is 1. The van der Waals surface area contributed by atoms with Gasteiger partial charge in [-0.1, -0.05) is 48.0 Å². The lowest BCUT2D eigenvalue weighted by molar-refractivity contribution is 0.573. The van der Waals surface area contributed by atoms with E-state index in [2.05, 4.69) is 11.4 Å². The molecule has 1 aliphatic carbocycles. The highest BCUT2D eigenvalue weighted by molar-refractivity contribution is 7.92. The van der Waals surface area contributed by atoms with Crippen molar-refractivity contribution in [1.29, 1.82) is 0 Å². The molecule has 0 saturated heterocycles. The Labute approximate surface area is 146 Å². The van der Waals surface area contributed by atoms with Crippen LogP contribution in [0.2, 0.25) is 0 Å². The minimum absolute atomic E-state index is 0.0845. The molecule has 24 heavy (non-hydrogen) atoms. The van der Waals surface area contributed by atoms with Crippen LogP contribution in [0.1, 0.15) is 27.5 Å². The van der Waals surface area contributed by atoms with Crippen LogP contribution in [0.3, 0.4) is 0 Å². The van der Waals surface area contributed by atoms with E-state index < -0.39 is 15.1 Å². The first-order valence-electron chi connectivity index (χ1n) is 7.99. The molecule has 3 aromatic rings. The summed E-state index contributed by atoms with van der Waals surface area (Å²) in [6.45, 7) is 1.97. The summed E-state index contributed by atoms with van der Waals surface area (Å²) < 4.78 is 26.6. The van der Waals surface area contributed by atoms with Crippen LogP contribution in [-0.2, 0) is 16.3 Å². The minimum atomic E-state index is -3.38. The molecule has 4 heteroatoms. The van der Waals surface area contributed by atoms with Crippen molar-refractivity contribution in [3.63, 3.8) is 0 Å². The summed E-state index contributed by atoms with van der Waals surface area (Å²) in [7, 11) is -3.38. The molecule has 2 nitrogen and oxygen atoms in total. The van der Waals surface area contributed by atoms with Crippen molar-refractivity contribution < 1.29 is 8.42 Å². The highest BCUT2D eigenvalue weighted by Gasteiger charge is 2.43. The largest absolute Gasteiger partial charge is 0.223 e. The first-order valence-corrected chi connectivity index (χ1v) is 10.4. The van der Waals surface area contributed by atoms with Gasteiger partial charge in [0.2, 0.25) is 0 Å². The van der Waals surface area contributed by atoms with Gasteiger partial charge in [0.05, 0.1) is 10.1 Å². The predicted octanol–water partition coefficient (Wildman–Crippen LogP) is 4.59. The van der Waals surface area contributed by atoms with E-state index in [0.29, 0.717) is 11.3 Å². The first kappa shape index (κ1) is 15.6. The monoisotopic (exact) mass is 354 g/mol. The number of thiophene rings is 1. The lowest BCUT2D eigenvalue weighted by Gasteiger charge is -2.21. The first-order chi connectivity index (χ1) is 11.6. The van der Waals surface area contributed by atoms with Gasteiger partial charge in [-0.15, -0.1) is 11.3 Å². The van der Waals surface area contributed by atoms with Crippen LogP contribution in [0.25, 0.3) is 0 Å². The van der Waals surface area contributed by atoms with E-state index in [9.17, 15) is 8.42 Å². The van der Waals surface area contributed by atoms with Gasteiger partial charge in [-0.25, -0.2) is 8.42 Å². The zero-order valence-corrected chi connectivity index (χ0v) is 15.0. The number of hydrogen-bond acceptors (Lipinski definition) is 3. The van der Waals surface area contributed by atoms with Crippen LogP contribution in [0, 0.1) is 6.92 Å². The molecule has 2 atom stereocenters. The second-order valence-electron chi connectivity index (χ2n) is 6.29. The summed E-state index contributed by atoms with van der Waals surface area (Å²) in [5.41, 5.74) is 3.32. The Morgan fingerprint density at radius 2 is 1.67 bits per heavy atom. The van der Waals surface area contributed by atoms with Gasteiger partial charge in [-0.3, -0.25) is 0 Å². The van der Waals surface area contributed by atoms with E-state index in [1.54, 1.807) is 23.5 Å². The second kappa shape index (κ2) is 5.87. The Morgan fingerprint density at radius 1 is 0.958 bits per heavy atom. The van der Waals surface area contributed by atoms with E-state index in [0.717, 1.165) is 11.1 Å². The van der Waals surface area contributed by atoms with Crippen molar-refractivity contribution in [3.8, 4) is 0 Å². The Morgan fingerprint density at radius 3 is 2.38 bits per heavy atom. The molecule has 0 amide bonds. The van der Waals surface area contributed by atoms with E-state index in [1.165, 1.54) is 10.4 Å². The number of hydrogen-bond donors (Lipinski definition) is 0. The lowest BCUT2D eigenvalue weighted by atomic mass is 9.94. The van der Waals surface area contributed by atoms with Crippen molar-refractivity contribution >= 4 is 21.2 Å². The fourth-order valence-electron chi connectivity index (χ4n) is 3.54. The molecule has 2 aromatic carbocycles. The number of sulfone groups is 1.